The standard InChI is InChI=1S/C16H11Cl3N2O2/c1-23-13-5-3-9(18)7-12(13)21-16(22)15-14(19)10-6-8(17)2-4-11(10)20-15/h2-7,20H,1H3,(H,21,22). The molecule has 0 radical (unpaired) electrons. The maximum atomic E-state index is 12.5. The monoisotopic (exact) mass is 368 g/mol. The van der Waals surface area contributed by atoms with Gasteiger partial charge in [-0.1, -0.05) is 34.8 Å². The summed E-state index contributed by atoms with van der Waals surface area (Å²) in [5.41, 5.74) is 1.42. The Hall–Kier alpha value is -1.88. The van der Waals surface area contributed by atoms with Crippen LogP contribution in [0.3, 0.4) is 0 Å². The molecule has 0 aliphatic heterocycles. The van der Waals surface area contributed by atoms with Crippen LogP contribution in [0.1, 0.15) is 10.5 Å². The molecule has 1 aromatic heterocycles. The summed E-state index contributed by atoms with van der Waals surface area (Å²) >= 11 is 18.2. The third-order valence-electron chi connectivity index (χ3n) is 3.33. The maximum Gasteiger partial charge on any atom is 0.273 e. The molecule has 0 spiro atoms. The van der Waals surface area contributed by atoms with Crippen molar-refractivity contribution in [2.24, 2.45) is 0 Å². The van der Waals surface area contributed by atoms with Gasteiger partial charge in [0, 0.05) is 20.9 Å². The Labute approximate surface area is 147 Å². The number of aromatic nitrogens is 1. The molecule has 1 heterocycles. The van der Waals surface area contributed by atoms with Gasteiger partial charge in [-0.3, -0.25) is 4.79 Å². The molecule has 23 heavy (non-hydrogen) atoms. The molecule has 7 heteroatoms. The first kappa shape index (κ1) is 16.0. The molecular weight excluding hydrogens is 359 g/mol. The van der Waals surface area contributed by atoms with E-state index in [-0.39, 0.29) is 5.69 Å². The number of amides is 1. The highest BCUT2D eigenvalue weighted by Gasteiger charge is 2.18. The van der Waals surface area contributed by atoms with Gasteiger partial charge in [0.15, 0.2) is 0 Å². The normalized spacial score (nSPS) is 10.8. The van der Waals surface area contributed by atoms with Crippen molar-refractivity contribution in [1.29, 1.82) is 0 Å². The Morgan fingerprint density at radius 3 is 2.52 bits per heavy atom. The van der Waals surface area contributed by atoms with Crippen LogP contribution in [-0.2, 0) is 0 Å². The molecule has 118 valence electrons. The van der Waals surface area contributed by atoms with Gasteiger partial charge in [-0.25, -0.2) is 0 Å². The minimum Gasteiger partial charge on any atom is -0.495 e. The van der Waals surface area contributed by atoms with Gasteiger partial charge < -0.3 is 15.0 Å². The highest BCUT2D eigenvalue weighted by Crippen LogP contribution is 2.32. The SMILES string of the molecule is COc1ccc(Cl)cc1NC(=O)c1[nH]c2ccc(Cl)cc2c1Cl. The molecule has 2 N–H and O–H groups in total. The van der Waals surface area contributed by atoms with Crippen molar-refractivity contribution in [3.05, 3.63) is 57.2 Å². The summed E-state index contributed by atoms with van der Waals surface area (Å²) in [6, 6.07) is 10.1. The van der Waals surface area contributed by atoms with Crippen molar-refractivity contribution in [1.82, 2.24) is 4.98 Å². The van der Waals surface area contributed by atoms with E-state index in [2.05, 4.69) is 10.3 Å². The summed E-state index contributed by atoms with van der Waals surface area (Å²) in [4.78, 5) is 15.5. The summed E-state index contributed by atoms with van der Waals surface area (Å²) in [6.07, 6.45) is 0. The molecule has 0 bridgehead atoms. The lowest BCUT2D eigenvalue weighted by Crippen LogP contribution is -2.13. The average molecular weight is 370 g/mol. The van der Waals surface area contributed by atoms with E-state index in [1.165, 1.54) is 7.11 Å². The zero-order valence-electron chi connectivity index (χ0n) is 11.9. The number of fused-ring (bicyclic) bond motifs is 1. The second-order valence-electron chi connectivity index (χ2n) is 4.80. The van der Waals surface area contributed by atoms with Crippen molar-refractivity contribution in [3.63, 3.8) is 0 Å². The van der Waals surface area contributed by atoms with Gasteiger partial charge in [0.25, 0.3) is 5.91 Å². The van der Waals surface area contributed by atoms with Crippen LogP contribution in [-0.4, -0.2) is 18.0 Å². The highest BCUT2D eigenvalue weighted by atomic mass is 35.5. The Bertz CT molecular complexity index is 906. The molecule has 0 aliphatic rings. The van der Waals surface area contributed by atoms with E-state index < -0.39 is 5.91 Å². The Balaban J connectivity index is 1.98. The van der Waals surface area contributed by atoms with Crippen LogP contribution in [0.25, 0.3) is 10.9 Å². The van der Waals surface area contributed by atoms with Crippen LogP contribution < -0.4 is 10.1 Å². The van der Waals surface area contributed by atoms with E-state index in [1.807, 2.05) is 0 Å². The fourth-order valence-corrected chi connectivity index (χ4v) is 2.88. The molecular formula is C16H11Cl3N2O2. The van der Waals surface area contributed by atoms with Crippen molar-refractivity contribution in [2.75, 3.05) is 12.4 Å². The number of nitrogens with one attached hydrogen (secondary N) is 2. The number of methoxy groups -OCH3 is 1. The molecule has 0 unspecified atom stereocenters. The first-order valence-corrected chi connectivity index (χ1v) is 7.74. The number of anilines is 1. The Morgan fingerprint density at radius 1 is 1.09 bits per heavy atom. The number of benzene rings is 2. The van der Waals surface area contributed by atoms with Crippen LogP contribution in [0.15, 0.2) is 36.4 Å². The van der Waals surface area contributed by atoms with Crippen LogP contribution in [0.4, 0.5) is 5.69 Å². The molecule has 3 aromatic rings. The van der Waals surface area contributed by atoms with Gasteiger partial charge in [0.1, 0.15) is 11.4 Å². The number of halogens is 3. The largest absolute Gasteiger partial charge is 0.495 e. The first-order valence-electron chi connectivity index (χ1n) is 6.61. The van der Waals surface area contributed by atoms with Crippen LogP contribution in [0, 0.1) is 0 Å². The van der Waals surface area contributed by atoms with E-state index in [0.717, 1.165) is 5.52 Å². The summed E-state index contributed by atoms with van der Waals surface area (Å²) in [6.45, 7) is 0. The summed E-state index contributed by atoms with van der Waals surface area (Å²) in [7, 11) is 1.51. The molecule has 4 nitrogen and oxygen atoms in total. The minimum atomic E-state index is -0.400. The predicted octanol–water partition coefficient (Wildman–Crippen LogP) is 5.39. The number of carbonyl (C=O) groups is 1. The number of rotatable bonds is 3. The van der Waals surface area contributed by atoms with Crippen molar-refractivity contribution < 1.29 is 9.53 Å². The molecule has 2 aromatic carbocycles. The van der Waals surface area contributed by atoms with Gasteiger partial charge in [-0.2, -0.15) is 0 Å². The van der Waals surface area contributed by atoms with Crippen LogP contribution in [0.5, 0.6) is 5.75 Å². The van der Waals surface area contributed by atoms with Gasteiger partial charge in [-0.15, -0.1) is 0 Å². The Morgan fingerprint density at radius 2 is 1.78 bits per heavy atom. The Kier molecular flexibility index (Phi) is 4.39. The molecule has 1 amide bonds. The topological polar surface area (TPSA) is 54.1 Å². The fraction of sp³-hybridized carbons (Fsp3) is 0.0625. The van der Waals surface area contributed by atoms with E-state index in [4.69, 9.17) is 39.5 Å². The quantitative estimate of drug-likeness (QED) is 0.650. The van der Waals surface area contributed by atoms with E-state index in [0.29, 0.717) is 31.9 Å². The molecule has 0 fully saturated rings. The predicted molar refractivity (Wildman–Crippen MR) is 94.3 cm³/mol. The minimum absolute atomic E-state index is 0.242. The lowest BCUT2D eigenvalue weighted by Gasteiger charge is -2.10. The zero-order chi connectivity index (χ0) is 16.6. The second kappa shape index (κ2) is 6.32. The second-order valence-corrected chi connectivity index (χ2v) is 6.05. The molecule has 0 aliphatic carbocycles. The zero-order valence-corrected chi connectivity index (χ0v) is 14.2. The number of hydrogen-bond acceptors (Lipinski definition) is 2. The van der Waals surface area contributed by atoms with Gasteiger partial charge in [0.2, 0.25) is 0 Å². The average Bonchev–Trinajstić information content (AvgIpc) is 2.84. The third-order valence-corrected chi connectivity index (χ3v) is 4.20. The number of carbonyl (C=O) groups excluding carboxylic acids is 1. The smallest absolute Gasteiger partial charge is 0.273 e. The van der Waals surface area contributed by atoms with Crippen LogP contribution in [0.2, 0.25) is 15.1 Å². The van der Waals surface area contributed by atoms with Crippen molar-refractivity contribution in [2.45, 2.75) is 0 Å². The first-order chi connectivity index (χ1) is 11.0. The summed E-state index contributed by atoms with van der Waals surface area (Å²) in [5, 5.41) is 4.75. The lowest BCUT2D eigenvalue weighted by atomic mass is 10.2. The third kappa shape index (κ3) is 3.11. The summed E-state index contributed by atoms with van der Waals surface area (Å²) < 4.78 is 5.21. The fourth-order valence-electron chi connectivity index (χ4n) is 2.25. The van der Waals surface area contributed by atoms with E-state index >= 15 is 0 Å². The van der Waals surface area contributed by atoms with Crippen molar-refractivity contribution >= 4 is 57.3 Å². The van der Waals surface area contributed by atoms with Gasteiger partial charge >= 0.3 is 0 Å². The number of hydrogen-bond donors (Lipinski definition) is 2. The lowest BCUT2D eigenvalue weighted by molar-refractivity contribution is 0.102. The maximum absolute atomic E-state index is 12.5. The number of H-pyrrole nitrogens is 1. The molecule has 0 atom stereocenters. The number of ether oxygens (including phenoxy) is 1. The molecule has 0 saturated carbocycles. The van der Waals surface area contributed by atoms with Gasteiger partial charge in [-0.05, 0) is 36.4 Å². The molecule has 0 saturated heterocycles. The van der Waals surface area contributed by atoms with E-state index in [9.17, 15) is 4.79 Å². The number of aromatic amines is 1. The summed E-state index contributed by atoms with van der Waals surface area (Å²) in [5.74, 6) is 0.0981. The van der Waals surface area contributed by atoms with Gasteiger partial charge in [0.05, 0.1) is 17.8 Å². The van der Waals surface area contributed by atoms with E-state index in [1.54, 1.807) is 36.4 Å². The highest BCUT2D eigenvalue weighted by molar-refractivity contribution is 6.40. The van der Waals surface area contributed by atoms with Crippen LogP contribution >= 0.6 is 34.8 Å². The van der Waals surface area contributed by atoms with Crippen molar-refractivity contribution in [3.8, 4) is 5.75 Å². The molecule has 3 rings (SSSR count).